The van der Waals surface area contributed by atoms with Crippen molar-refractivity contribution in [1.82, 2.24) is 0 Å². The van der Waals surface area contributed by atoms with Crippen LogP contribution in [0.1, 0.15) is 45.4 Å². The quantitative estimate of drug-likeness (QED) is 0.0948. The number of hydrogen-bond donors (Lipinski definition) is 1. The summed E-state index contributed by atoms with van der Waals surface area (Å²) < 4.78 is 64.8. The van der Waals surface area contributed by atoms with Crippen LogP contribution in [0.5, 0.6) is 0 Å². The lowest BCUT2D eigenvalue weighted by Crippen LogP contribution is -2.15. The van der Waals surface area contributed by atoms with Gasteiger partial charge in [-0.1, -0.05) is 39.0 Å². The van der Waals surface area contributed by atoms with E-state index in [4.69, 9.17) is 61.9 Å². The van der Waals surface area contributed by atoms with Gasteiger partial charge in [0.15, 0.2) is 0 Å². The smallest absolute Gasteiger partial charge is 0.329 e. The van der Waals surface area contributed by atoms with Crippen LogP contribution in [0.25, 0.3) is 0 Å². The fourth-order valence-electron chi connectivity index (χ4n) is 3.56. The zero-order chi connectivity index (χ0) is 33.3. The van der Waals surface area contributed by atoms with Gasteiger partial charge in [-0.3, -0.25) is 0 Å². The highest BCUT2D eigenvalue weighted by Crippen LogP contribution is 2.04. The van der Waals surface area contributed by atoms with Crippen LogP contribution in [0.3, 0.4) is 0 Å². The molecule has 1 N–H and O–H groups in total. The molecule has 0 spiro atoms. The number of rotatable bonds is 42. The number of ether oxygens (including phenoxy) is 12. The molecule has 0 aliphatic heterocycles. The SMILES string of the molecule is CCCCCCCCOCCOCCOCCOCCOCCOCCOCCOCCOCCOCCOCCOCC(=O)O. The van der Waals surface area contributed by atoms with Gasteiger partial charge in [0.2, 0.25) is 0 Å². The van der Waals surface area contributed by atoms with E-state index in [0.717, 1.165) is 13.0 Å². The van der Waals surface area contributed by atoms with Crippen LogP contribution >= 0.6 is 0 Å². The van der Waals surface area contributed by atoms with Crippen molar-refractivity contribution in [2.24, 2.45) is 0 Å². The maximum Gasteiger partial charge on any atom is 0.329 e. The Bertz CT molecular complexity index is 573. The summed E-state index contributed by atoms with van der Waals surface area (Å²) in [6.45, 7) is 13.5. The monoisotopic (exact) mass is 672 g/mol. The van der Waals surface area contributed by atoms with Crippen LogP contribution < -0.4 is 0 Å². The van der Waals surface area contributed by atoms with Gasteiger partial charge in [0.05, 0.1) is 145 Å². The van der Waals surface area contributed by atoms with Gasteiger partial charge < -0.3 is 61.9 Å². The van der Waals surface area contributed by atoms with E-state index >= 15 is 0 Å². The summed E-state index contributed by atoms with van der Waals surface area (Å²) in [6.07, 6.45) is 7.66. The van der Waals surface area contributed by atoms with E-state index < -0.39 is 5.97 Å². The molecule has 276 valence electrons. The third-order valence-electron chi connectivity index (χ3n) is 5.96. The normalized spacial score (nSPS) is 11.5. The van der Waals surface area contributed by atoms with Crippen molar-refractivity contribution in [2.75, 3.05) is 159 Å². The molecule has 0 radical (unpaired) electrons. The van der Waals surface area contributed by atoms with Crippen LogP contribution in [0.4, 0.5) is 0 Å². The summed E-state index contributed by atoms with van der Waals surface area (Å²) in [4.78, 5) is 10.3. The third-order valence-corrected chi connectivity index (χ3v) is 5.96. The van der Waals surface area contributed by atoms with Gasteiger partial charge in [0.1, 0.15) is 6.61 Å². The highest BCUT2D eigenvalue weighted by molar-refractivity contribution is 5.67. The van der Waals surface area contributed by atoms with Crippen LogP contribution in [0.2, 0.25) is 0 Å². The summed E-state index contributed by atoms with van der Waals surface area (Å²) in [5.74, 6) is -0.994. The Morgan fingerprint density at radius 3 is 0.804 bits per heavy atom. The molecule has 0 rings (SSSR count). The average Bonchev–Trinajstić information content (AvgIpc) is 3.05. The van der Waals surface area contributed by atoms with E-state index in [9.17, 15) is 4.79 Å². The van der Waals surface area contributed by atoms with Crippen LogP contribution in [0, 0.1) is 0 Å². The van der Waals surface area contributed by atoms with Gasteiger partial charge >= 0.3 is 5.97 Å². The largest absolute Gasteiger partial charge is 0.480 e. The minimum absolute atomic E-state index is 0.243. The number of carboxylic acid groups (broad SMARTS) is 1. The first kappa shape index (κ1) is 45.0. The van der Waals surface area contributed by atoms with Crippen LogP contribution in [-0.2, 0) is 61.6 Å². The van der Waals surface area contributed by atoms with Crippen LogP contribution in [0.15, 0.2) is 0 Å². The fourth-order valence-corrected chi connectivity index (χ4v) is 3.56. The predicted molar refractivity (Wildman–Crippen MR) is 171 cm³/mol. The Hall–Kier alpha value is -1.01. The molecule has 0 aromatic heterocycles. The first-order valence-corrected chi connectivity index (χ1v) is 16.9. The molecule has 0 fully saturated rings. The molecule has 0 bridgehead atoms. The second-order valence-corrected chi connectivity index (χ2v) is 9.95. The lowest BCUT2D eigenvalue weighted by molar-refractivity contribution is -0.142. The Kier molecular flexibility index (Phi) is 41.1. The lowest BCUT2D eigenvalue weighted by Gasteiger charge is -2.09. The lowest BCUT2D eigenvalue weighted by atomic mass is 10.1. The predicted octanol–water partition coefficient (Wildman–Crippen LogP) is 2.63. The molecule has 0 unspecified atom stereocenters. The van der Waals surface area contributed by atoms with E-state index in [-0.39, 0.29) is 13.2 Å². The van der Waals surface area contributed by atoms with Crippen LogP contribution in [-0.4, -0.2) is 170 Å². The second-order valence-electron chi connectivity index (χ2n) is 9.95. The van der Waals surface area contributed by atoms with Gasteiger partial charge in [-0.25, -0.2) is 4.79 Å². The molecule has 0 aromatic rings. The summed E-state index contributed by atoms with van der Waals surface area (Å²) in [5.41, 5.74) is 0. The number of hydrogen-bond acceptors (Lipinski definition) is 13. The van der Waals surface area contributed by atoms with Crippen molar-refractivity contribution < 1.29 is 66.7 Å². The molecule has 0 aliphatic rings. The minimum atomic E-state index is -0.994. The zero-order valence-corrected chi connectivity index (χ0v) is 28.5. The molecular weight excluding hydrogens is 608 g/mol. The van der Waals surface area contributed by atoms with Crippen molar-refractivity contribution in [2.45, 2.75) is 45.4 Å². The van der Waals surface area contributed by atoms with Crippen molar-refractivity contribution in [3.8, 4) is 0 Å². The Labute approximate surface area is 276 Å². The number of carbonyl (C=O) groups is 1. The van der Waals surface area contributed by atoms with Gasteiger partial charge in [-0.05, 0) is 6.42 Å². The van der Waals surface area contributed by atoms with E-state index in [1.54, 1.807) is 0 Å². The fraction of sp³-hybridized carbons (Fsp3) is 0.969. The van der Waals surface area contributed by atoms with Gasteiger partial charge in [-0.2, -0.15) is 0 Å². The highest BCUT2D eigenvalue weighted by atomic mass is 16.6. The molecule has 0 aliphatic carbocycles. The maximum absolute atomic E-state index is 10.3. The molecule has 46 heavy (non-hydrogen) atoms. The summed E-state index contributed by atoms with van der Waals surface area (Å²) in [5, 5.41) is 8.42. The number of carboxylic acids is 1. The standard InChI is InChI=1S/C32H64O14/c1-2-3-4-5-6-7-8-35-9-10-36-11-12-37-13-14-38-15-16-39-17-18-40-19-20-41-21-22-42-23-24-43-25-26-44-27-28-45-29-30-46-31-32(33)34/h2-31H2,1H3,(H,33,34). The van der Waals surface area contributed by atoms with E-state index in [1.165, 1.54) is 32.1 Å². The number of unbranched alkanes of at least 4 members (excludes halogenated alkanes) is 5. The highest BCUT2D eigenvalue weighted by Gasteiger charge is 1.98. The Morgan fingerprint density at radius 1 is 0.326 bits per heavy atom. The van der Waals surface area contributed by atoms with Gasteiger partial charge in [-0.15, -0.1) is 0 Å². The average molecular weight is 673 g/mol. The first-order chi connectivity index (χ1) is 22.8. The molecule has 14 heteroatoms. The van der Waals surface area contributed by atoms with E-state index in [0.29, 0.717) is 139 Å². The van der Waals surface area contributed by atoms with E-state index in [2.05, 4.69) is 6.92 Å². The third kappa shape index (κ3) is 43.0. The molecule has 0 atom stereocenters. The van der Waals surface area contributed by atoms with E-state index in [1.807, 2.05) is 0 Å². The number of aliphatic carboxylic acids is 1. The molecule has 0 aromatic carbocycles. The molecule has 0 amide bonds. The second kappa shape index (κ2) is 42.0. The van der Waals surface area contributed by atoms with Gasteiger partial charge in [0, 0.05) is 6.61 Å². The summed E-state index contributed by atoms with van der Waals surface area (Å²) >= 11 is 0. The molecular formula is C32H64O14. The van der Waals surface area contributed by atoms with Crippen molar-refractivity contribution in [3.05, 3.63) is 0 Å². The summed E-state index contributed by atoms with van der Waals surface area (Å²) in [6, 6.07) is 0. The van der Waals surface area contributed by atoms with Crippen molar-refractivity contribution in [3.63, 3.8) is 0 Å². The zero-order valence-electron chi connectivity index (χ0n) is 28.5. The van der Waals surface area contributed by atoms with Crippen molar-refractivity contribution >= 4 is 5.97 Å². The minimum Gasteiger partial charge on any atom is -0.480 e. The Morgan fingerprint density at radius 2 is 0.543 bits per heavy atom. The molecule has 0 saturated heterocycles. The molecule has 14 nitrogen and oxygen atoms in total. The Balaban J connectivity index is 3.04. The first-order valence-electron chi connectivity index (χ1n) is 16.9. The van der Waals surface area contributed by atoms with Gasteiger partial charge in [0.25, 0.3) is 0 Å². The molecule has 0 heterocycles. The summed E-state index contributed by atoms with van der Waals surface area (Å²) in [7, 11) is 0. The maximum atomic E-state index is 10.3. The molecule has 0 saturated carbocycles. The topological polar surface area (TPSA) is 148 Å². The van der Waals surface area contributed by atoms with Crippen molar-refractivity contribution in [1.29, 1.82) is 0 Å².